The molecule has 0 aliphatic rings. The first-order chi connectivity index (χ1) is 10.4. The van der Waals surface area contributed by atoms with E-state index in [1.807, 2.05) is 0 Å². The lowest BCUT2D eigenvalue weighted by molar-refractivity contribution is 0.151. The van der Waals surface area contributed by atoms with E-state index in [0.717, 1.165) is 18.2 Å². The third-order valence-electron chi connectivity index (χ3n) is 3.03. The summed E-state index contributed by atoms with van der Waals surface area (Å²) in [6.07, 6.45) is -5.33. The van der Waals surface area contributed by atoms with Crippen LogP contribution in [0.5, 0.6) is 0 Å². The molecule has 2 aromatic rings. The van der Waals surface area contributed by atoms with Crippen molar-refractivity contribution in [3.8, 4) is 0 Å². The molecule has 2 aromatic carbocycles. The Bertz CT molecular complexity index is 603. The number of hydrogen-bond acceptors (Lipinski definition) is 1. The molecule has 22 heavy (non-hydrogen) atoms. The van der Waals surface area contributed by atoms with Crippen molar-refractivity contribution in [2.75, 3.05) is 5.32 Å². The van der Waals surface area contributed by atoms with Gasteiger partial charge in [0.15, 0.2) is 0 Å². The molecule has 0 atom stereocenters. The maximum atomic E-state index is 13.6. The van der Waals surface area contributed by atoms with Crippen molar-refractivity contribution >= 4 is 21.6 Å². The number of rotatable bonds is 5. The summed E-state index contributed by atoms with van der Waals surface area (Å²) in [5.74, 6) is -0.641. The smallest absolute Gasteiger partial charge is 0.263 e. The van der Waals surface area contributed by atoms with E-state index in [0.29, 0.717) is 10.2 Å². The fourth-order valence-corrected chi connectivity index (χ4v) is 2.26. The summed E-state index contributed by atoms with van der Waals surface area (Å²) in [5.41, 5.74) is -0.113. The van der Waals surface area contributed by atoms with Crippen LogP contribution >= 0.6 is 15.9 Å². The number of nitrogens with one attached hydrogen (secondary N) is 1. The third-order valence-corrected chi connectivity index (χ3v) is 3.72. The van der Waals surface area contributed by atoms with E-state index < -0.39 is 18.7 Å². The first-order valence-electron chi connectivity index (χ1n) is 6.26. The van der Waals surface area contributed by atoms with Crippen molar-refractivity contribution in [1.82, 2.24) is 0 Å². The summed E-state index contributed by atoms with van der Waals surface area (Å²) >= 11 is 3.19. The number of hydrogen-bond donors (Lipinski definition) is 1. The Morgan fingerprint density at radius 1 is 0.909 bits per heavy atom. The van der Waals surface area contributed by atoms with Crippen molar-refractivity contribution in [1.29, 1.82) is 0 Å². The molecule has 0 unspecified atom stereocenters. The van der Waals surface area contributed by atoms with E-state index in [-0.39, 0.29) is 23.2 Å². The maximum Gasteiger partial charge on any atom is 0.263 e. The minimum absolute atomic E-state index is 0.0344. The Kier molecular flexibility index (Phi) is 5.39. The molecular weight excluding hydrogens is 369 g/mol. The highest BCUT2D eigenvalue weighted by Gasteiger charge is 2.12. The molecule has 0 amide bonds. The zero-order chi connectivity index (χ0) is 16.3. The molecule has 118 valence electrons. The Balaban J connectivity index is 2.19. The van der Waals surface area contributed by atoms with Crippen molar-refractivity contribution in [2.45, 2.75) is 19.4 Å². The van der Waals surface area contributed by atoms with Gasteiger partial charge in [0.05, 0.1) is 0 Å². The highest BCUT2D eigenvalue weighted by atomic mass is 79.9. The molecule has 0 aromatic heterocycles. The second-order valence-electron chi connectivity index (χ2n) is 4.55. The van der Waals surface area contributed by atoms with E-state index in [1.54, 1.807) is 0 Å². The van der Waals surface area contributed by atoms with Gasteiger partial charge in [0.1, 0.15) is 5.82 Å². The van der Waals surface area contributed by atoms with Gasteiger partial charge in [0, 0.05) is 33.4 Å². The number of alkyl halides is 4. The molecule has 0 fully saturated rings. The first-order valence-corrected chi connectivity index (χ1v) is 7.05. The molecule has 0 aliphatic carbocycles. The lowest BCUT2D eigenvalue weighted by Gasteiger charge is -2.12. The normalized spacial score (nSPS) is 11.3. The van der Waals surface area contributed by atoms with E-state index >= 15 is 0 Å². The zero-order valence-electron chi connectivity index (χ0n) is 11.1. The van der Waals surface area contributed by atoms with Crippen LogP contribution in [-0.4, -0.2) is 0 Å². The van der Waals surface area contributed by atoms with Gasteiger partial charge in [-0.3, -0.25) is 0 Å². The van der Waals surface area contributed by atoms with Crippen LogP contribution in [0.3, 0.4) is 0 Å². The Hall–Kier alpha value is -1.63. The molecule has 0 spiro atoms. The predicted molar refractivity (Wildman–Crippen MR) is 77.8 cm³/mol. The summed E-state index contributed by atoms with van der Waals surface area (Å²) in [4.78, 5) is 0. The van der Waals surface area contributed by atoms with Crippen LogP contribution in [0.4, 0.5) is 27.6 Å². The van der Waals surface area contributed by atoms with Crippen LogP contribution in [-0.2, 0) is 6.54 Å². The molecule has 7 heteroatoms. The van der Waals surface area contributed by atoms with Crippen LogP contribution in [0.15, 0.2) is 40.9 Å². The van der Waals surface area contributed by atoms with Crippen LogP contribution in [0.1, 0.15) is 29.5 Å². The molecule has 0 saturated carbocycles. The lowest BCUT2D eigenvalue weighted by Crippen LogP contribution is -2.04. The number of benzene rings is 2. The summed E-state index contributed by atoms with van der Waals surface area (Å²) in [6.45, 7) is -0.0995. The summed E-state index contributed by atoms with van der Waals surface area (Å²) in [7, 11) is 0. The topological polar surface area (TPSA) is 12.0 Å². The van der Waals surface area contributed by atoms with Crippen molar-refractivity contribution < 1.29 is 22.0 Å². The average molecular weight is 380 g/mol. The van der Waals surface area contributed by atoms with E-state index in [1.165, 1.54) is 18.2 Å². The summed E-state index contributed by atoms with van der Waals surface area (Å²) in [5, 5.41) is 2.77. The fourth-order valence-electron chi connectivity index (χ4n) is 1.87. The van der Waals surface area contributed by atoms with Crippen molar-refractivity contribution in [3.63, 3.8) is 0 Å². The Morgan fingerprint density at radius 2 is 1.50 bits per heavy atom. The maximum absolute atomic E-state index is 13.6. The monoisotopic (exact) mass is 379 g/mol. The lowest BCUT2D eigenvalue weighted by atomic mass is 10.1. The highest BCUT2D eigenvalue weighted by Crippen LogP contribution is 2.29. The van der Waals surface area contributed by atoms with Crippen molar-refractivity contribution in [3.05, 3.63) is 63.4 Å². The molecule has 0 saturated heterocycles. The van der Waals surface area contributed by atoms with Gasteiger partial charge in [-0.05, 0) is 40.2 Å². The summed E-state index contributed by atoms with van der Waals surface area (Å²) < 4.78 is 64.7. The van der Waals surface area contributed by atoms with Gasteiger partial charge in [-0.25, -0.2) is 22.0 Å². The fraction of sp³-hybridized carbons (Fsp3) is 0.200. The second kappa shape index (κ2) is 7.09. The van der Waals surface area contributed by atoms with Crippen LogP contribution < -0.4 is 5.32 Å². The molecule has 1 N–H and O–H groups in total. The second-order valence-corrected chi connectivity index (χ2v) is 5.40. The Labute approximate surface area is 132 Å². The van der Waals surface area contributed by atoms with E-state index in [9.17, 15) is 22.0 Å². The van der Waals surface area contributed by atoms with Gasteiger partial charge >= 0.3 is 0 Å². The molecule has 0 heterocycles. The summed E-state index contributed by atoms with van der Waals surface area (Å²) in [6, 6.07) is 6.95. The Morgan fingerprint density at radius 3 is 2.14 bits per heavy atom. The largest absolute Gasteiger partial charge is 0.380 e. The van der Waals surface area contributed by atoms with Gasteiger partial charge in [-0.2, -0.15) is 0 Å². The first kappa shape index (κ1) is 16.7. The minimum atomic E-state index is -2.70. The van der Waals surface area contributed by atoms with E-state index in [2.05, 4.69) is 21.2 Å². The highest BCUT2D eigenvalue weighted by molar-refractivity contribution is 9.10. The zero-order valence-corrected chi connectivity index (χ0v) is 12.7. The molecule has 0 bridgehead atoms. The minimum Gasteiger partial charge on any atom is -0.380 e. The van der Waals surface area contributed by atoms with E-state index in [4.69, 9.17) is 0 Å². The quantitative estimate of drug-likeness (QED) is 0.621. The molecule has 1 nitrogen and oxygen atoms in total. The van der Waals surface area contributed by atoms with Crippen LogP contribution in [0, 0.1) is 5.82 Å². The standard InChI is InChI=1S/C15H11BrF5N/c16-11-3-1-9(15(20)21)6-13(11)22-7-10-5-8(14(18)19)2-4-12(10)17/h1-6,14-15,22H,7H2. The third kappa shape index (κ3) is 3.97. The molecular formula is C15H11BrF5N. The molecule has 2 rings (SSSR count). The van der Waals surface area contributed by atoms with Gasteiger partial charge in [0.2, 0.25) is 0 Å². The van der Waals surface area contributed by atoms with Gasteiger partial charge in [-0.15, -0.1) is 0 Å². The number of anilines is 1. The predicted octanol–water partition coefficient (Wildman–Crippen LogP) is 6.08. The van der Waals surface area contributed by atoms with Gasteiger partial charge in [0.25, 0.3) is 12.9 Å². The van der Waals surface area contributed by atoms with Crippen molar-refractivity contribution in [2.24, 2.45) is 0 Å². The average Bonchev–Trinajstić information content (AvgIpc) is 2.47. The van der Waals surface area contributed by atoms with Crippen LogP contribution in [0.25, 0.3) is 0 Å². The van der Waals surface area contributed by atoms with Crippen LogP contribution in [0.2, 0.25) is 0 Å². The molecule has 0 radical (unpaired) electrons. The SMILES string of the molecule is Fc1ccc(C(F)F)cc1CNc1cc(C(F)F)ccc1Br. The molecule has 0 aliphatic heterocycles. The van der Waals surface area contributed by atoms with Gasteiger partial charge < -0.3 is 5.32 Å². The number of halogens is 6. The van der Waals surface area contributed by atoms with Gasteiger partial charge in [-0.1, -0.05) is 12.1 Å².